The number of nitrogens with zero attached hydrogens (tertiary/aromatic N) is 1. The third-order valence-electron chi connectivity index (χ3n) is 5.25. The lowest BCUT2D eigenvalue weighted by Gasteiger charge is -2.20. The number of rotatable bonds is 9. The Bertz CT molecular complexity index is 1250. The molecule has 0 radical (unpaired) electrons. The monoisotopic (exact) mass is 520 g/mol. The maximum absolute atomic E-state index is 13.0. The van der Waals surface area contributed by atoms with E-state index in [9.17, 15) is 13.2 Å². The summed E-state index contributed by atoms with van der Waals surface area (Å²) >= 11 is 11.8. The van der Waals surface area contributed by atoms with E-state index in [1.54, 1.807) is 30.3 Å². The van der Waals surface area contributed by atoms with Crippen molar-refractivity contribution in [1.82, 2.24) is 9.62 Å². The number of hydrogen-bond acceptors (Lipinski definition) is 4. The minimum Gasteiger partial charge on any atom is -0.494 e. The zero-order chi connectivity index (χ0) is 24.9. The Morgan fingerprint density at radius 1 is 1.00 bits per heavy atom. The van der Waals surface area contributed by atoms with Crippen molar-refractivity contribution in [2.45, 2.75) is 31.3 Å². The van der Waals surface area contributed by atoms with Crippen LogP contribution < -0.4 is 10.1 Å². The molecule has 0 heterocycles. The normalized spacial score (nSPS) is 12.4. The molecular formula is C25H26Cl2N2O4S. The van der Waals surface area contributed by atoms with Crippen molar-refractivity contribution in [3.63, 3.8) is 0 Å². The van der Waals surface area contributed by atoms with Crippen molar-refractivity contribution >= 4 is 39.1 Å². The third-order valence-corrected chi connectivity index (χ3v) is 7.58. The van der Waals surface area contributed by atoms with Crippen LogP contribution in [0.3, 0.4) is 0 Å². The summed E-state index contributed by atoms with van der Waals surface area (Å²) in [5.41, 5.74) is 1.89. The van der Waals surface area contributed by atoms with Gasteiger partial charge in [0, 0.05) is 34.8 Å². The Labute approximate surface area is 210 Å². The lowest BCUT2D eigenvalue weighted by molar-refractivity contribution is 0.0939. The molecule has 0 saturated heterocycles. The first-order chi connectivity index (χ1) is 16.1. The number of nitrogens with one attached hydrogen (secondary N) is 1. The van der Waals surface area contributed by atoms with Gasteiger partial charge in [0.05, 0.1) is 17.5 Å². The highest BCUT2D eigenvalue weighted by Gasteiger charge is 2.23. The molecule has 0 fully saturated rings. The van der Waals surface area contributed by atoms with Gasteiger partial charge in [-0.25, -0.2) is 8.42 Å². The number of carbonyl (C=O) groups is 1. The first-order valence-corrected chi connectivity index (χ1v) is 12.9. The Hall–Kier alpha value is -2.58. The van der Waals surface area contributed by atoms with E-state index < -0.39 is 10.0 Å². The van der Waals surface area contributed by atoms with Crippen LogP contribution in [0.5, 0.6) is 5.75 Å². The maximum Gasteiger partial charge on any atom is 0.251 e. The molecule has 0 aliphatic heterocycles. The van der Waals surface area contributed by atoms with E-state index in [4.69, 9.17) is 27.9 Å². The van der Waals surface area contributed by atoms with Crippen molar-refractivity contribution in [2.75, 3.05) is 13.7 Å². The number of sulfonamides is 1. The zero-order valence-corrected chi connectivity index (χ0v) is 21.4. The highest BCUT2D eigenvalue weighted by atomic mass is 35.5. The summed E-state index contributed by atoms with van der Waals surface area (Å²) in [4.78, 5) is 13.1. The van der Waals surface area contributed by atoms with Crippen LogP contribution in [0.15, 0.2) is 71.6 Å². The molecule has 1 atom stereocenters. The second kappa shape index (κ2) is 11.2. The van der Waals surface area contributed by atoms with Gasteiger partial charge in [-0.05, 0) is 74.0 Å². The predicted octanol–water partition coefficient (Wildman–Crippen LogP) is 5.70. The largest absolute Gasteiger partial charge is 0.494 e. The van der Waals surface area contributed by atoms with Gasteiger partial charge in [0.25, 0.3) is 5.91 Å². The molecule has 0 aliphatic rings. The smallest absolute Gasteiger partial charge is 0.251 e. The molecule has 0 saturated carbocycles. The van der Waals surface area contributed by atoms with E-state index in [-0.39, 0.29) is 23.4 Å². The summed E-state index contributed by atoms with van der Waals surface area (Å²) in [7, 11) is -2.29. The van der Waals surface area contributed by atoms with Gasteiger partial charge in [0.15, 0.2) is 0 Å². The number of halogens is 2. The van der Waals surface area contributed by atoms with E-state index in [0.29, 0.717) is 33.5 Å². The molecule has 0 aromatic heterocycles. The topological polar surface area (TPSA) is 75.7 Å². The fraction of sp³-hybridized carbons (Fsp3) is 0.240. The summed E-state index contributed by atoms with van der Waals surface area (Å²) in [5.74, 6) is 0.234. The van der Waals surface area contributed by atoms with Crippen LogP contribution in [-0.4, -0.2) is 32.3 Å². The van der Waals surface area contributed by atoms with Crippen molar-refractivity contribution in [1.29, 1.82) is 0 Å². The zero-order valence-electron chi connectivity index (χ0n) is 19.1. The van der Waals surface area contributed by atoms with Crippen LogP contribution in [-0.2, 0) is 16.6 Å². The summed E-state index contributed by atoms with van der Waals surface area (Å²) in [6.45, 7) is 4.14. The van der Waals surface area contributed by atoms with E-state index in [2.05, 4.69) is 5.32 Å². The van der Waals surface area contributed by atoms with Crippen molar-refractivity contribution < 1.29 is 17.9 Å². The summed E-state index contributed by atoms with van der Waals surface area (Å²) in [5, 5.41) is 4.03. The van der Waals surface area contributed by atoms with E-state index in [0.717, 1.165) is 5.56 Å². The molecule has 0 unspecified atom stereocenters. The summed E-state index contributed by atoms with van der Waals surface area (Å²) in [6.07, 6.45) is 0. The first-order valence-electron chi connectivity index (χ1n) is 10.7. The lowest BCUT2D eigenvalue weighted by Crippen LogP contribution is -2.28. The Kier molecular flexibility index (Phi) is 8.60. The van der Waals surface area contributed by atoms with Gasteiger partial charge in [-0.2, -0.15) is 4.31 Å². The number of hydrogen-bond donors (Lipinski definition) is 1. The second-order valence-electron chi connectivity index (χ2n) is 7.72. The molecule has 9 heteroatoms. The van der Waals surface area contributed by atoms with Crippen LogP contribution in [0.4, 0.5) is 0 Å². The highest BCUT2D eigenvalue weighted by Crippen LogP contribution is 2.26. The molecule has 34 heavy (non-hydrogen) atoms. The minimum atomic E-state index is -3.77. The molecular weight excluding hydrogens is 495 g/mol. The SMILES string of the molecule is CCOc1ccc(C(=O)N[C@H](C)c2ccc(Cl)cc2)cc1CN(C)S(=O)(=O)c1ccc(Cl)cc1. The molecule has 3 aromatic rings. The van der Waals surface area contributed by atoms with Crippen LogP contribution in [0.1, 0.15) is 41.4 Å². The lowest BCUT2D eigenvalue weighted by atomic mass is 10.1. The maximum atomic E-state index is 13.0. The minimum absolute atomic E-state index is 0.0220. The Morgan fingerprint density at radius 2 is 1.59 bits per heavy atom. The average molecular weight is 521 g/mol. The van der Waals surface area contributed by atoms with Crippen molar-refractivity contribution in [3.05, 3.63) is 93.5 Å². The van der Waals surface area contributed by atoms with Gasteiger partial charge in [0.1, 0.15) is 5.75 Å². The van der Waals surface area contributed by atoms with Gasteiger partial charge in [-0.3, -0.25) is 4.79 Å². The van der Waals surface area contributed by atoms with Crippen LogP contribution >= 0.6 is 23.2 Å². The third kappa shape index (κ3) is 6.30. The molecule has 1 amide bonds. The molecule has 0 spiro atoms. The molecule has 1 N–H and O–H groups in total. The molecule has 6 nitrogen and oxygen atoms in total. The fourth-order valence-corrected chi connectivity index (χ4v) is 4.77. The molecule has 0 bridgehead atoms. The van der Waals surface area contributed by atoms with Crippen molar-refractivity contribution in [3.8, 4) is 5.75 Å². The van der Waals surface area contributed by atoms with Gasteiger partial charge in [-0.1, -0.05) is 35.3 Å². The first kappa shape index (κ1) is 26.0. The molecule has 3 rings (SSSR count). The number of ether oxygens (including phenoxy) is 1. The number of benzene rings is 3. The fourth-order valence-electron chi connectivity index (χ4n) is 3.37. The number of amides is 1. The van der Waals surface area contributed by atoms with E-state index in [1.165, 1.54) is 35.6 Å². The standard InChI is InChI=1S/C25H26Cl2N2O4S/c1-4-33-24-14-7-19(25(30)28-17(2)18-5-8-21(26)9-6-18)15-20(24)16-29(3)34(31,32)23-12-10-22(27)11-13-23/h5-15,17H,4,16H2,1-3H3,(H,28,30)/t17-/m1/s1. The molecule has 3 aromatic carbocycles. The Balaban J connectivity index is 1.83. The van der Waals surface area contributed by atoms with Gasteiger partial charge >= 0.3 is 0 Å². The van der Waals surface area contributed by atoms with E-state index in [1.807, 2.05) is 26.0 Å². The van der Waals surface area contributed by atoms with Gasteiger partial charge < -0.3 is 10.1 Å². The van der Waals surface area contributed by atoms with E-state index >= 15 is 0 Å². The summed E-state index contributed by atoms with van der Waals surface area (Å²) in [6, 6.07) is 18.0. The highest BCUT2D eigenvalue weighted by molar-refractivity contribution is 7.89. The van der Waals surface area contributed by atoms with Gasteiger partial charge in [0.2, 0.25) is 10.0 Å². The van der Waals surface area contributed by atoms with Crippen LogP contribution in [0.2, 0.25) is 10.0 Å². The predicted molar refractivity (Wildman–Crippen MR) is 135 cm³/mol. The van der Waals surface area contributed by atoms with Crippen molar-refractivity contribution in [2.24, 2.45) is 0 Å². The summed E-state index contributed by atoms with van der Waals surface area (Å²) < 4.78 is 32.9. The molecule has 180 valence electrons. The van der Waals surface area contributed by atoms with Crippen LogP contribution in [0.25, 0.3) is 0 Å². The second-order valence-corrected chi connectivity index (χ2v) is 10.6. The number of carbonyl (C=O) groups excluding carboxylic acids is 1. The average Bonchev–Trinajstić information content (AvgIpc) is 2.80. The Morgan fingerprint density at radius 3 is 2.18 bits per heavy atom. The van der Waals surface area contributed by atoms with Gasteiger partial charge in [-0.15, -0.1) is 0 Å². The molecule has 0 aliphatic carbocycles. The quantitative estimate of drug-likeness (QED) is 0.392. The van der Waals surface area contributed by atoms with Crippen LogP contribution in [0, 0.1) is 0 Å².